The second kappa shape index (κ2) is 4.53. The predicted molar refractivity (Wildman–Crippen MR) is 63.2 cm³/mol. The molecule has 1 fully saturated rings. The molecule has 0 saturated carbocycles. The lowest BCUT2D eigenvalue weighted by Gasteiger charge is -2.29. The molecular formula is C13H19NO2. The normalized spacial score (nSPS) is 18.9. The van der Waals surface area contributed by atoms with E-state index in [0.29, 0.717) is 26.2 Å². The third-order valence-electron chi connectivity index (χ3n) is 3.03. The maximum atomic E-state index is 5.80. The summed E-state index contributed by atoms with van der Waals surface area (Å²) in [7, 11) is 0. The van der Waals surface area contributed by atoms with E-state index in [1.54, 1.807) is 0 Å². The first-order chi connectivity index (χ1) is 7.68. The van der Waals surface area contributed by atoms with Gasteiger partial charge in [0.1, 0.15) is 0 Å². The van der Waals surface area contributed by atoms with E-state index >= 15 is 0 Å². The summed E-state index contributed by atoms with van der Waals surface area (Å²) in [6, 6.07) is 6.34. The van der Waals surface area contributed by atoms with Gasteiger partial charge in [0.2, 0.25) is 0 Å². The average molecular weight is 221 g/mol. The fourth-order valence-electron chi connectivity index (χ4n) is 2.23. The maximum Gasteiger partial charge on any atom is 0.196 e. The van der Waals surface area contributed by atoms with Crippen LogP contribution < -0.4 is 5.73 Å². The molecule has 1 saturated heterocycles. The van der Waals surface area contributed by atoms with Gasteiger partial charge >= 0.3 is 0 Å². The average Bonchev–Trinajstić information content (AvgIpc) is 2.72. The van der Waals surface area contributed by atoms with E-state index in [2.05, 4.69) is 32.0 Å². The Morgan fingerprint density at radius 1 is 1.25 bits per heavy atom. The van der Waals surface area contributed by atoms with E-state index in [-0.39, 0.29) is 0 Å². The van der Waals surface area contributed by atoms with E-state index < -0.39 is 5.79 Å². The summed E-state index contributed by atoms with van der Waals surface area (Å²) in [6.45, 7) is 6.01. The van der Waals surface area contributed by atoms with Crippen LogP contribution in [0.3, 0.4) is 0 Å². The van der Waals surface area contributed by atoms with Crippen molar-refractivity contribution >= 4 is 0 Å². The van der Waals surface area contributed by atoms with Gasteiger partial charge in [-0.3, -0.25) is 0 Å². The summed E-state index contributed by atoms with van der Waals surface area (Å²) in [6.07, 6.45) is 0.706. The van der Waals surface area contributed by atoms with Gasteiger partial charge in [-0.05, 0) is 26.0 Å². The molecule has 1 aromatic carbocycles. The van der Waals surface area contributed by atoms with Crippen molar-refractivity contribution in [3.8, 4) is 0 Å². The van der Waals surface area contributed by atoms with Crippen molar-refractivity contribution < 1.29 is 9.47 Å². The van der Waals surface area contributed by atoms with Crippen LogP contribution in [0.2, 0.25) is 0 Å². The van der Waals surface area contributed by atoms with Crippen molar-refractivity contribution in [1.82, 2.24) is 0 Å². The lowest BCUT2D eigenvalue weighted by molar-refractivity contribution is -0.169. The van der Waals surface area contributed by atoms with Crippen LogP contribution in [0.5, 0.6) is 0 Å². The summed E-state index contributed by atoms with van der Waals surface area (Å²) in [5.41, 5.74) is 9.19. The van der Waals surface area contributed by atoms with Gasteiger partial charge in [-0.25, -0.2) is 0 Å². The Balaban J connectivity index is 2.42. The van der Waals surface area contributed by atoms with Crippen LogP contribution in [0.4, 0.5) is 0 Å². The summed E-state index contributed by atoms with van der Waals surface area (Å²) in [5.74, 6) is -0.606. The third-order valence-corrected chi connectivity index (χ3v) is 3.03. The first-order valence-electron chi connectivity index (χ1n) is 5.74. The second-order valence-electron chi connectivity index (χ2n) is 4.31. The summed E-state index contributed by atoms with van der Waals surface area (Å²) >= 11 is 0. The third kappa shape index (κ3) is 1.98. The molecule has 3 nitrogen and oxygen atoms in total. The highest BCUT2D eigenvalue weighted by Gasteiger charge is 2.38. The zero-order valence-electron chi connectivity index (χ0n) is 9.95. The molecule has 0 atom stereocenters. The first-order valence-corrected chi connectivity index (χ1v) is 5.74. The van der Waals surface area contributed by atoms with E-state index in [9.17, 15) is 0 Å². The van der Waals surface area contributed by atoms with Gasteiger partial charge < -0.3 is 15.2 Å². The van der Waals surface area contributed by atoms with Gasteiger partial charge in [-0.2, -0.15) is 0 Å². The molecule has 0 radical (unpaired) electrons. The number of hydrogen-bond acceptors (Lipinski definition) is 3. The molecule has 1 aliphatic heterocycles. The zero-order valence-corrected chi connectivity index (χ0v) is 9.95. The molecule has 2 N–H and O–H groups in total. The standard InChI is InChI=1S/C13H19NO2/c1-10-3-4-11(2)12(9-10)13(5-6-14)15-7-8-16-13/h3-4,9H,5-8,14H2,1-2H3. The Hall–Kier alpha value is -0.900. The minimum Gasteiger partial charge on any atom is -0.343 e. The monoisotopic (exact) mass is 221 g/mol. The molecule has 1 aliphatic rings. The molecule has 1 heterocycles. The number of rotatable bonds is 3. The van der Waals surface area contributed by atoms with Crippen molar-refractivity contribution in [3.63, 3.8) is 0 Å². The highest BCUT2D eigenvalue weighted by molar-refractivity contribution is 5.34. The van der Waals surface area contributed by atoms with Gasteiger partial charge in [-0.15, -0.1) is 0 Å². The SMILES string of the molecule is Cc1ccc(C)c(C2(CCN)OCCO2)c1. The van der Waals surface area contributed by atoms with Crippen molar-refractivity contribution in [3.05, 3.63) is 34.9 Å². The zero-order chi connectivity index (χ0) is 11.6. The lowest BCUT2D eigenvalue weighted by atomic mass is 9.95. The molecule has 0 aromatic heterocycles. The highest BCUT2D eigenvalue weighted by atomic mass is 16.7. The molecule has 0 amide bonds. The molecule has 2 rings (SSSR count). The maximum absolute atomic E-state index is 5.80. The van der Waals surface area contributed by atoms with Gasteiger partial charge in [0, 0.05) is 12.0 Å². The Bertz CT molecular complexity index is 370. The van der Waals surface area contributed by atoms with Crippen molar-refractivity contribution in [2.24, 2.45) is 5.73 Å². The smallest absolute Gasteiger partial charge is 0.196 e. The number of hydrogen-bond donors (Lipinski definition) is 1. The van der Waals surface area contributed by atoms with Crippen LogP contribution in [-0.2, 0) is 15.3 Å². The summed E-state index contributed by atoms with van der Waals surface area (Å²) in [4.78, 5) is 0. The Morgan fingerprint density at radius 2 is 1.94 bits per heavy atom. The van der Waals surface area contributed by atoms with Gasteiger partial charge in [0.05, 0.1) is 13.2 Å². The van der Waals surface area contributed by atoms with Crippen LogP contribution in [0.1, 0.15) is 23.1 Å². The van der Waals surface area contributed by atoms with Gasteiger partial charge in [0.15, 0.2) is 5.79 Å². The van der Waals surface area contributed by atoms with Crippen LogP contribution in [0.15, 0.2) is 18.2 Å². The van der Waals surface area contributed by atoms with E-state index in [4.69, 9.17) is 15.2 Å². The molecule has 16 heavy (non-hydrogen) atoms. The van der Waals surface area contributed by atoms with Gasteiger partial charge in [-0.1, -0.05) is 23.8 Å². The Kier molecular flexibility index (Phi) is 3.28. The molecule has 0 aliphatic carbocycles. The minimum absolute atomic E-state index is 0.563. The first kappa shape index (κ1) is 11.6. The van der Waals surface area contributed by atoms with E-state index in [1.165, 1.54) is 11.1 Å². The quantitative estimate of drug-likeness (QED) is 0.847. The molecular weight excluding hydrogens is 202 g/mol. The molecule has 0 unspecified atom stereocenters. The van der Waals surface area contributed by atoms with Crippen LogP contribution >= 0.6 is 0 Å². The van der Waals surface area contributed by atoms with E-state index in [1.807, 2.05) is 0 Å². The Morgan fingerprint density at radius 3 is 2.56 bits per heavy atom. The molecule has 1 aromatic rings. The largest absolute Gasteiger partial charge is 0.343 e. The summed E-state index contributed by atoms with van der Waals surface area (Å²) in [5, 5.41) is 0. The molecule has 88 valence electrons. The van der Waals surface area contributed by atoms with Crippen LogP contribution in [0, 0.1) is 13.8 Å². The van der Waals surface area contributed by atoms with Crippen molar-refractivity contribution in [2.75, 3.05) is 19.8 Å². The second-order valence-corrected chi connectivity index (χ2v) is 4.31. The topological polar surface area (TPSA) is 44.5 Å². The fraction of sp³-hybridized carbons (Fsp3) is 0.538. The highest BCUT2D eigenvalue weighted by Crippen LogP contribution is 2.36. The summed E-state index contributed by atoms with van der Waals surface area (Å²) < 4.78 is 11.6. The number of ether oxygens (including phenoxy) is 2. The Labute approximate surface area is 96.5 Å². The number of benzene rings is 1. The van der Waals surface area contributed by atoms with Crippen LogP contribution in [-0.4, -0.2) is 19.8 Å². The molecule has 3 heteroatoms. The number of aryl methyl sites for hydroxylation is 2. The molecule has 0 bridgehead atoms. The van der Waals surface area contributed by atoms with Crippen LogP contribution in [0.25, 0.3) is 0 Å². The van der Waals surface area contributed by atoms with E-state index in [0.717, 1.165) is 5.56 Å². The van der Waals surface area contributed by atoms with Crippen molar-refractivity contribution in [1.29, 1.82) is 0 Å². The number of nitrogens with two attached hydrogens (primary N) is 1. The van der Waals surface area contributed by atoms with Crippen molar-refractivity contribution in [2.45, 2.75) is 26.1 Å². The predicted octanol–water partition coefficient (Wildman–Crippen LogP) is 1.85. The fourth-order valence-corrected chi connectivity index (χ4v) is 2.23. The minimum atomic E-state index is -0.606. The molecule has 0 spiro atoms. The lowest BCUT2D eigenvalue weighted by Crippen LogP contribution is -2.31. The van der Waals surface area contributed by atoms with Gasteiger partial charge in [0.25, 0.3) is 0 Å².